The minimum atomic E-state index is 0.562. The fourth-order valence-corrected chi connectivity index (χ4v) is 1.56. The van der Waals surface area contributed by atoms with Crippen LogP contribution < -0.4 is 10.5 Å². The third-order valence-corrected chi connectivity index (χ3v) is 2.36. The van der Waals surface area contributed by atoms with E-state index in [1.165, 1.54) is 0 Å². The molecule has 0 saturated heterocycles. The van der Waals surface area contributed by atoms with Crippen LogP contribution in [0.25, 0.3) is 11.3 Å². The van der Waals surface area contributed by atoms with Crippen LogP contribution in [-0.2, 0) is 6.54 Å². The van der Waals surface area contributed by atoms with Crippen molar-refractivity contribution in [3.05, 3.63) is 30.5 Å². The summed E-state index contributed by atoms with van der Waals surface area (Å²) < 4.78 is 7.12. The lowest BCUT2D eigenvalue weighted by Gasteiger charge is -2.02. The summed E-state index contributed by atoms with van der Waals surface area (Å²) in [6.07, 6.45) is 1.89. The number of benzene rings is 1. The quantitative estimate of drug-likeness (QED) is 0.844. The maximum atomic E-state index is 5.46. The van der Waals surface area contributed by atoms with Crippen molar-refractivity contribution >= 4 is 0 Å². The first-order valence-corrected chi connectivity index (χ1v) is 5.67. The first-order valence-electron chi connectivity index (χ1n) is 5.67. The van der Waals surface area contributed by atoms with E-state index in [9.17, 15) is 0 Å². The Balaban J connectivity index is 2.15. The van der Waals surface area contributed by atoms with Crippen LogP contribution in [0.4, 0.5) is 0 Å². The number of aromatic nitrogens is 3. The van der Waals surface area contributed by atoms with Gasteiger partial charge in [-0.15, -0.1) is 5.10 Å². The molecule has 17 heavy (non-hydrogen) atoms. The largest absolute Gasteiger partial charge is 0.494 e. The van der Waals surface area contributed by atoms with Crippen molar-refractivity contribution in [2.45, 2.75) is 13.5 Å². The van der Waals surface area contributed by atoms with Crippen molar-refractivity contribution in [1.82, 2.24) is 15.0 Å². The summed E-state index contributed by atoms with van der Waals surface area (Å²) in [7, 11) is 0. The maximum Gasteiger partial charge on any atom is 0.119 e. The highest BCUT2D eigenvalue weighted by Crippen LogP contribution is 2.20. The number of ether oxygens (including phenoxy) is 1. The molecule has 0 bridgehead atoms. The van der Waals surface area contributed by atoms with Crippen LogP contribution >= 0.6 is 0 Å². The van der Waals surface area contributed by atoms with Crippen LogP contribution in [-0.4, -0.2) is 28.1 Å². The first-order chi connectivity index (χ1) is 8.33. The standard InChI is InChI=1S/C12H16N4O/c1-2-17-11-5-3-10(4-6-11)12-9-16(8-7-13)15-14-12/h3-6,9H,2,7-8,13H2,1H3. The Morgan fingerprint density at radius 1 is 1.29 bits per heavy atom. The van der Waals surface area contributed by atoms with Gasteiger partial charge < -0.3 is 10.5 Å². The number of hydrogen-bond donors (Lipinski definition) is 1. The van der Waals surface area contributed by atoms with Crippen molar-refractivity contribution in [2.24, 2.45) is 5.73 Å². The SMILES string of the molecule is CCOc1ccc(-c2cn(CCN)nn2)cc1. The molecule has 1 aromatic heterocycles. The number of nitrogens with two attached hydrogens (primary N) is 1. The summed E-state index contributed by atoms with van der Waals surface area (Å²) in [5.74, 6) is 0.866. The van der Waals surface area contributed by atoms with E-state index in [0.29, 0.717) is 19.7 Å². The molecule has 0 fully saturated rings. The fraction of sp³-hybridized carbons (Fsp3) is 0.333. The molecular formula is C12H16N4O. The molecule has 0 aliphatic heterocycles. The van der Waals surface area contributed by atoms with Gasteiger partial charge in [-0.05, 0) is 31.2 Å². The third kappa shape index (κ3) is 2.82. The molecule has 0 aliphatic carbocycles. The lowest BCUT2D eigenvalue weighted by molar-refractivity contribution is 0.340. The maximum absolute atomic E-state index is 5.46. The molecule has 0 atom stereocenters. The van der Waals surface area contributed by atoms with Crippen LogP contribution in [0.15, 0.2) is 30.5 Å². The smallest absolute Gasteiger partial charge is 0.119 e. The van der Waals surface area contributed by atoms with Gasteiger partial charge in [-0.25, -0.2) is 0 Å². The summed E-state index contributed by atoms with van der Waals surface area (Å²) >= 11 is 0. The molecule has 1 heterocycles. The molecule has 90 valence electrons. The van der Waals surface area contributed by atoms with E-state index in [1.54, 1.807) is 4.68 Å². The van der Waals surface area contributed by atoms with Crippen LogP contribution in [0.1, 0.15) is 6.92 Å². The molecule has 0 unspecified atom stereocenters. The van der Waals surface area contributed by atoms with Gasteiger partial charge in [0.2, 0.25) is 0 Å². The number of nitrogens with zero attached hydrogens (tertiary/aromatic N) is 3. The molecule has 2 N–H and O–H groups in total. The van der Waals surface area contributed by atoms with Crippen molar-refractivity contribution in [3.8, 4) is 17.0 Å². The Morgan fingerprint density at radius 2 is 2.06 bits per heavy atom. The Hall–Kier alpha value is -1.88. The zero-order valence-electron chi connectivity index (χ0n) is 9.84. The molecule has 1 aromatic carbocycles. The molecular weight excluding hydrogens is 216 g/mol. The third-order valence-electron chi connectivity index (χ3n) is 2.36. The summed E-state index contributed by atoms with van der Waals surface area (Å²) in [6, 6.07) is 7.81. The summed E-state index contributed by atoms with van der Waals surface area (Å²) in [6.45, 7) is 3.88. The van der Waals surface area contributed by atoms with Gasteiger partial charge in [0.15, 0.2) is 0 Å². The molecule has 0 saturated carbocycles. The van der Waals surface area contributed by atoms with Crippen molar-refractivity contribution < 1.29 is 4.74 Å². The highest BCUT2D eigenvalue weighted by Gasteiger charge is 2.03. The van der Waals surface area contributed by atoms with Crippen molar-refractivity contribution in [2.75, 3.05) is 13.2 Å². The summed E-state index contributed by atoms with van der Waals surface area (Å²) in [5.41, 5.74) is 7.33. The molecule has 2 rings (SSSR count). The van der Waals surface area contributed by atoms with E-state index in [4.69, 9.17) is 10.5 Å². The Kier molecular flexibility index (Phi) is 3.72. The summed E-state index contributed by atoms with van der Waals surface area (Å²) in [4.78, 5) is 0. The van der Waals surface area contributed by atoms with Gasteiger partial charge in [-0.3, -0.25) is 4.68 Å². The van der Waals surface area contributed by atoms with Crippen molar-refractivity contribution in [3.63, 3.8) is 0 Å². The van der Waals surface area contributed by atoms with Crippen molar-refractivity contribution in [1.29, 1.82) is 0 Å². The molecule has 2 aromatic rings. The molecule has 0 radical (unpaired) electrons. The highest BCUT2D eigenvalue weighted by atomic mass is 16.5. The van der Waals surface area contributed by atoms with E-state index in [0.717, 1.165) is 17.0 Å². The van der Waals surface area contributed by atoms with E-state index >= 15 is 0 Å². The predicted molar refractivity (Wildman–Crippen MR) is 65.7 cm³/mol. The van der Waals surface area contributed by atoms with E-state index in [-0.39, 0.29) is 0 Å². The zero-order chi connectivity index (χ0) is 12.1. The second kappa shape index (κ2) is 5.45. The molecule has 0 amide bonds. The van der Waals surface area contributed by atoms with E-state index in [2.05, 4.69) is 10.3 Å². The minimum Gasteiger partial charge on any atom is -0.494 e. The second-order valence-corrected chi connectivity index (χ2v) is 3.61. The molecule has 5 heteroatoms. The highest BCUT2D eigenvalue weighted by molar-refractivity contribution is 5.58. The minimum absolute atomic E-state index is 0.562. The van der Waals surface area contributed by atoms with E-state index < -0.39 is 0 Å². The number of hydrogen-bond acceptors (Lipinski definition) is 4. The molecule has 0 aliphatic rings. The zero-order valence-corrected chi connectivity index (χ0v) is 9.84. The van der Waals surface area contributed by atoms with Gasteiger partial charge in [0.05, 0.1) is 19.3 Å². The fourth-order valence-electron chi connectivity index (χ4n) is 1.56. The van der Waals surface area contributed by atoms with Crippen LogP contribution in [0.2, 0.25) is 0 Å². The van der Waals surface area contributed by atoms with Gasteiger partial charge in [-0.1, -0.05) is 5.21 Å². The second-order valence-electron chi connectivity index (χ2n) is 3.61. The number of rotatable bonds is 5. The molecule has 0 spiro atoms. The van der Waals surface area contributed by atoms with Crippen LogP contribution in [0.3, 0.4) is 0 Å². The van der Waals surface area contributed by atoms with Crippen LogP contribution in [0, 0.1) is 0 Å². The van der Waals surface area contributed by atoms with Crippen LogP contribution in [0.5, 0.6) is 5.75 Å². The average Bonchev–Trinajstić information content (AvgIpc) is 2.80. The monoisotopic (exact) mass is 232 g/mol. The average molecular weight is 232 g/mol. The Morgan fingerprint density at radius 3 is 2.71 bits per heavy atom. The normalized spacial score (nSPS) is 10.5. The van der Waals surface area contributed by atoms with Gasteiger partial charge in [0.1, 0.15) is 11.4 Å². The van der Waals surface area contributed by atoms with Gasteiger partial charge in [-0.2, -0.15) is 0 Å². The van der Waals surface area contributed by atoms with E-state index in [1.807, 2.05) is 37.4 Å². The summed E-state index contributed by atoms with van der Waals surface area (Å²) in [5, 5.41) is 8.09. The molecule has 5 nitrogen and oxygen atoms in total. The Bertz CT molecular complexity index is 464. The Labute approximate surface area is 100 Å². The van der Waals surface area contributed by atoms with Gasteiger partial charge >= 0.3 is 0 Å². The topological polar surface area (TPSA) is 66.0 Å². The van der Waals surface area contributed by atoms with Gasteiger partial charge in [0, 0.05) is 12.1 Å². The lowest BCUT2D eigenvalue weighted by atomic mass is 10.2. The lowest BCUT2D eigenvalue weighted by Crippen LogP contribution is -2.10. The first kappa shape index (κ1) is 11.6. The van der Waals surface area contributed by atoms with Gasteiger partial charge in [0.25, 0.3) is 0 Å². The predicted octanol–water partition coefficient (Wildman–Crippen LogP) is 1.30.